The SMILES string of the molecule is O=C(NCCC(F)(F)F)C1CNc2ccccc2C1. The van der Waals surface area contributed by atoms with Gasteiger partial charge in [-0.1, -0.05) is 18.2 Å². The summed E-state index contributed by atoms with van der Waals surface area (Å²) in [4.78, 5) is 11.8. The highest BCUT2D eigenvalue weighted by Gasteiger charge is 2.28. The largest absolute Gasteiger partial charge is 0.390 e. The van der Waals surface area contributed by atoms with E-state index in [0.717, 1.165) is 11.3 Å². The van der Waals surface area contributed by atoms with Crippen molar-refractivity contribution in [3.05, 3.63) is 29.8 Å². The maximum atomic E-state index is 12.0. The molecule has 1 aliphatic rings. The molecule has 1 heterocycles. The van der Waals surface area contributed by atoms with E-state index < -0.39 is 12.6 Å². The third-order valence-corrected chi connectivity index (χ3v) is 3.10. The fourth-order valence-electron chi connectivity index (χ4n) is 2.10. The molecule has 1 aliphatic heterocycles. The molecule has 1 atom stereocenters. The van der Waals surface area contributed by atoms with Crippen molar-refractivity contribution in [3.8, 4) is 0 Å². The molecule has 19 heavy (non-hydrogen) atoms. The summed E-state index contributed by atoms with van der Waals surface area (Å²) >= 11 is 0. The molecule has 2 rings (SSSR count). The van der Waals surface area contributed by atoms with E-state index in [2.05, 4.69) is 10.6 Å². The molecule has 1 unspecified atom stereocenters. The number of fused-ring (bicyclic) bond motifs is 1. The summed E-state index contributed by atoms with van der Waals surface area (Å²) in [6, 6.07) is 7.62. The Balaban J connectivity index is 1.85. The summed E-state index contributed by atoms with van der Waals surface area (Å²) in [6.07, 6.45) is -4.67. The lowest BCUT2D eigenvalue weighted by Crippen LogP contribution is -2.39. The molecule has 3 nitrogen and oxygen atoms in total. The van der Waals surface area contributed by atoms with Gasteiger partial charge in [0.05, 0.1) is 12.3 Å². The zero-order chi connectivity index (χ0) is 13.9. The van der Waals surface area contributed by atoms with Crippen molar-refractivity contribution in [3.63, 3.8) is 0 Å². The predicted octanol–water partition coefficient (Wildman–Crippen LogP) is 2.34. The number of alkyl halides is 3. The first-order chi connectivity index (χ1) is 8.96. The average molecular weight is 272 g/mol. The van der Waals surface area contributed by atoms with Gasteiger partial charge in [0.15, 0.2) is 0 Å². The maximum Gasteiger partial charge on any atom is 0.390 e. The van der Waals surface area contributed by atoms with E-state index >= 15 is 0 Å². The fourth-order valence-corrected chi connectivity index (χ4v) is 2.10. The Hall–Kier alpha value is -1.72. The second-order valence-corrected chi connectivity index (χ2v) is 4.60. The van der Waals surface area contributed by atoms with E-state index in [0.29, 0.717) is 13.0 Å². The number of carbonyl (C=O) groups is 1. The second-order valence-electron chi connectivity index (χ2n) is 4.60. The monoisotopic (exact) mass is 272 g/mol. The normalized spacial score (nSPS) is 18.4. The van der Waals surface area contributed by atoms with Crippen LogP contribution >= 0.6 is 0 Å². The minimum absolute atomic E-state index is 0.317. The van der Waals surface area contributed by atoms with Crippen molar-refractivity contribution < 1.29 is 18.0 Å². The van der Waals surface area contributed by atoms with Crippen LogP contribution in [0.5, 0.6) is 0 Å². The lowest BCUT2D eigenvalue weighted by Gasteiger charge is -2.25. The van der Waals surface area contributed by atoms with Crippen molar-refractivity contribution in [2.45, 2.75) is 19.0 Å². The minimum atomic E-state index is -4.23. The summed E-state index contributed by atoms with van der Waals surface area (Å²) in [5.41, 5.74) is 2.01. The van der Waals surface area contributed by atoms with E-state index in [9.17, 15) is 18.0 Å². The highest BCUT2D eigenvalue weighted by atomic mass is 19.4. The van der Waals surface area contributed by atoms with Crippen molar-refractivity contribution in [1.82, 2.24) is 5.32 Å². The van der Waals surface area contributed by atoms with Crippen LogP contribution in [-0.2, 0) is 11.2 Å². The van der Waals surface area contributed by atoms with Gasteiger partial charge in [0, 0.05) is 18.8 Å². The van der Waals surface area contributed by atoms with Crippen molar-refractivity contribution in [1.29, 1.82) is 0 Å². The van der Waals surface area contributed by atoms with E-state index in [4.69, 9.17) is 0 Å². The number of amides is 1. The molecule has 104 valence electrons. The van der Waals surface area contributed by atoms with Crippen LogP contribution in [0.3, 0.4) is 0 Å². The molecule has 0 aliphatic carbocycles. The number of nitrogens with one attached hydrogen (secondary N) is 2. The summed E-state index contributed by atoms with van der Waals surface area (Å²) in [5.74, 6) is -0.644. The van der Waals surface area contributed by atoms with Gasteiger partial charge in [0.2, 0.25) is 5.91 Å². The maximum absolute atomic E-state index is 12.0. The zero-order valence-corrected chi connectivity index (χ0v) is 10.3. The Kier molecular flexibility index (Phi) is 3.97. The summed E-state index contributed by atoms with van der Waals surface area (Å²) in [6.45, 7) is 0.0926. The first kappa shape index (κ1) is 13.7. The molecule has 0 bridgehead atoms. The van der Waals surface area contributed by atoms with Gasteiger partial charge in [-0.15, -0.1) is 0 Å². The lowest BCUT2D eigenvalue weighted by atomic mass is 9.93. The van der Waals surface area contributed by atoms with E-state index in [1.54, 1.807) is 0 Å². The van der Waals surface area contributed by atoms with E-state index in [1.165, 1.54) is 0 Å². The number of para-hydroxylation sites is 1. The Morgan fingerprint density at radius 1 is 1.37 bits per heavy atom. The molecule has 1 aromatic rings. The number of rotatable bonds is 3. The fraction of sp³-hybridized carbons (Fsp3) is 0.462. The molecular formula is C13H15F3N2O. The Bertz CT molecular complexity index is 459. The number of halogens is 3. The van der Waals surface area contributed by atoms with Gasteiger partial charge in [-0.3, -0.25) is 4.79 Å². The quantitative estimate of drug-likeness (QED) is 0.886. The molecule has 0 aromatic heterocycles. The Labute approximate surface area is 109 Å². The molecule has 6 heteroatoms. The summed E-state index contributed by atoms with van der Waals surface area (Å²) in [7, 11) is 0. The van der Waals surface area contributed by atoms with Gasteiger partial charge in [-0.2, -0.15) is 13.2 Å². The Morgan fingerprint density at radius 3 is 2.84 bits per heavy atom. The number of hydrogen-bond donors (Lipinski definition) is 2. The minimum Gasteiger partial charge on any atom is -0.384 e. The van der Waals surface area contributed by atoms with Gasteiger partial charge >= 0.3 is 6.18 Å². The van der Waals surface area contributed by atoms with Crippen LogP contribution in [0, 0.1) is 5.92 Å². The molecule has 1 aromatic carbocycles. The van der Waals surface area contributed by atoms with Crippen LogP contribution in [0.1, 0.15) is 12.0 Å². The number of benzene rings is 1. The molecule has 0 saturated heterocycles. The van der Waals surface area contributed by atoms with Crippen molar-refractivity contribution in [2.75, 3.05) is 18.4 Å². The van der Waals surface area contributed by atoms with Crippen molar-refractivity contribution in [2.24, 2.45) is 5.92 Å². The summed E-state index contributed by atoms with van der Waals surface area (Å²) in [5, 5.41) is 5.46. The van der Waals surface area contributed by atoms with Crippen LogP contribution in [0.2, 0.25) is 0 Å². The molecule has 0 radical (unpaired) electrons. The van der Waals surface area contributed by atoms with Gasteiger partial charge in [0.25, 0.3) is 0 Å². The van der Waals surface area contributed by atoms with Crippen LogP contribution in [0.25, 0.3) is 0 Å². The van der Waals surface area contributed by atoms with Gasteiger partial charge in [-0.05, 0) is 18.1 Å². The van der Waals surface area contributed by atoms with Crippen LogP contribution < -0.4 is 10.6 Å². The van der Waals surface area contributed by atoms with E-state index in [1.807, 2.05) is 24.3 Å². The topological polar surface area (TPSA) is 41.1 Å². The van der Waals surface area contributed by atoms with Gasteiger partial charge in [-0.25, -0.2) is 0 Å². The smallest absolute Gasteiger partial charge is 0.384 e. The van der Waals surface area contributed by atoms with Crippen LogP contribution in [0.15, 0.2) is 24.3 Å². The molecule has 0 saturated carbocycles. The Morgan fingerprint density at radius 2 is 2.11 bits per heavy atom. The number of carbonyl (C=O) groups excluding carboxylic acids is 1. The van der Waals surface area contributed by atoms with E-state index in [-0.39, 0.29) is 18.4 Å². The first-order valence-corrected chi connectivity index (χ1v) is 6.12. The third kappa shape index (κ3) is 3.87. The molecule has 0 fully saturated rings. The lowest BCUT2D eigenvalue weighted by molar-refractivity contribution is -0.136. The molecule has 1 amide bonds. The van der Waals surface area contributed by atoms with Gasteiger partial charge < -0.3 is 10.6 Å². The van der Waals surface area contributed by atoms with Crippen molar-refractivity contribution >= 4 is 11.6 Å². The summed E-state index contributed by atoms with van der Waals surface area (Å²) < 4.78 is 35.9. The molecule has 0 spiro atoms. The highest BCUT2D eigenvalue weighted by Crippen LogP contribution is 2.24. The van der Waals surface area contributed by atoms with Crippen LogP contribution in [-0.4, -0.2) is 25.2 Å². The molecule has 2 N–H and O–H groups in total. The number of anilines is 1. The third-order valence-electron chi connectivity index (χ3n) is 3.10. The standard InChI is InChI=1S/C13H15F3N2O/c14-13(15,16)5-6-17-12(19)10-7-9-3-1-2-4-11(9)18-8-10/h1-4,10,18H,5-8H2,(H,17,19). The van der Waals surface area contributed by atoms with Gasteiger partial charge in [0.1, 0.15) is 0 Å². The van der Waals surface area contributed by atoms with Crippen LogP contribution in [0.4, 0.5) is 18.9 Å². The highest BCUT2D eigenvalue weighted by molar-refractivity contribution is 5.80. The zero-order valence-electron chi connectivity index (χ0n) is 10.3. The second kappa shape index (κ2) is 5.50. The number of hydrogen-bond acceptors (Lipinski definition) is 2. The predicted molar refractivity (Wildman–Crippen MR) is 65.8 cm³/mol. The first-order valence-electron chi connectivity index (χ1n) is 6.12. The average Bonchev–Trinajstić information content (AvgIpc) is 2.36. The molecular weight excluding hydrogens is 257 g/mol.